The van der Waals surface area contributed by atoms with E-state index in [1.54, 1.807) is 6.20 Å². The fraction of sp³-hybridized carbons (Fsp3) is 0.333. The third-order valence-corrected chi connectivity index (χ3v) is 2.55. The highest BCUT2D eigenvalue weighted by atomic mass is 16.4. The summed E-state index contributed by atoms with van der Waals surface area (Å²) in [5.74, 6) is 0. The fourth-order valence-electron chi connectivity index (χ4n) is 1.57. The summed E-state index contributed by atoms with van der Waals surface area (Å²) in [6.45, 7) is -0.470. The number of hydrogen-bond acceptors (Lipinski definition) is 5. The van der Waals surface area contributed by atoms with E-state index < -0.39 is 18.8 Å². The Labute approximate surface area is 98.4 Å². The van der Waals surface area contributed by atoms with Crippen molar-refractivity contribution in [1.82, 2.24) is 9.97 Å². The van der Waals surface area contributed by atoms with Crippen LogP contribution >= 0.6 is 0 Å². The molecule has 5 heteroatoms. The number of fused-ring (bicyclic) bond motifs is 1. The van der Waals surface area contributed by atoms with E-state index in [1.807, 2.05) is 24.3 Å². The van der Waals surface area contributed by atoms with E-state index in [4.69, 9.17) is 5.11 Å². The molecular weight excluding hydrogens is 220 g/mol. The molecule has 2 rings (SSSR count). The third kappa shape index (κ3) is 2.76. The quantitative estimate of drug-likeness (QED) is 0.687. The van der Waals surface area contributed by atoms with Crippen LogP contribution < -0.4 is 0 Å². The maximum Gasteiger partial charge on any atom is 0.103 e. The molecule has 0 saturated carbocycles. The third-order valence-electron chi connectivity index (χ3n) is 2.55. The average molecular weight is 234 g/mol. The largest absolute Gasteiger partial charge is 0.394 e. The van der Waals surface area contributed by atoms with Crippen LogP contribution in [0.4, 0.5) is 0 Å². The lowest BCUT2D eigenvalue weighted by Gasteiger charge is -2.14. The molecule has 2 atom stereocenters. The van der Waals surface area contributed by atoms with Crippen molar-refractivity contribution in [2.45, 2.75) is 18.6 Å². The van der Waals surface area contributed by atoms with Crippen LogP contribution in [0, 0.1) is 0 Å². The summed E-state index contributed by atoms with van der Waals surface area (Å²) in [7, 11) is 0. The zero-order valence-corrected chi connectivity index (χ0v) is 9.19. The number of benzene rings is 1. The first-order valence-electron chi connectivity index (χ1n) is 5.38. The summed E-state index contributed by atoms with van der Waals surface area (Å²) >= 11 is 0. The normalized spacial score (nSPS) is 14.8. The maximum absolute atomic E-state index is 9.57. The number of rotatable bonds is 4. The van der Waals surface area contributed by atoms with E-state index in [9.17, 15) is 10.2 Å². The minimum absolute atomic E-state index is 0.166. The first-order valence-corrected chi connectivity index (χ1v) is 5.38. The van der Waals surface area contributed by atoms with Gasteiger partial charge >= 0.3 is 0 Å². The molecule has 1 heterocycles. The predicted molar refractivity (Wildman–Crippen MR) is 62.3 cm³/mol. The standard InChI is InChI=1S/C12H14N2O3/c15-7-12(17)11(16)5-8-6-13-9-3-1-2-4-10(9)14-8/h1-4,6,11-12,15-17H,5,7H2/t11-,12-/m1/s1. The van der Waals surface area contributed by atoms with Crippen molar-refractivity contribution in [1.29, 1.82) is 0 Å². The van der Waals surface area contributed by atoms with Gasteiger partial charge in [-0.25, -0.2) is 4.98 Å². The number of nitrogens with zero attached hydrogens (tertiary/aromatic N) is 2. The van der Waals surface area contributed by atoms with Gasteiger partial charge in [-0.3, -0.25) is 4.98 Å². The minimum Gasteiger partial charge on any atom is -0.394 e. The molecule has 5 nitrogen and oxygen atoms in total. The summed E-state index contributed by atoms with van der Waals surface area (Å²) in [5, 5.41) is 27.5. The Kier molecular flexibility index (Phi) is 3.63. The van der Waals surface area contributed by atoms with Gasteiger partial charge < -0.3 is 15.3 Å². The Morgan fingerprint density at radius 1 is 1.06 bits per heavy atom. The zero-order chi connectivity index (χ0) is 12.3. The van der Waals surface area contributed by atoms with Gasteiger partial charge in [0.05, 0.1) is 29.4 Å². The highest BCUT2D eigenvalue weighted by molar-refractivity contribution is 5.73. The SMILES string of the molecule is OC[C@@H](O)[C@H](O)Cc1cnc2ccccc2n1. The number of hydrogen-bond donors (Lipinski definition) is 3. The van der Waals surface area contributed by atoms with Gasteiger partial charge in [-0.1, -0.05) is 12.1 Å². The molecule has 17 heavy (non-hydrogen) atoms. The number of aromatic nitrogens is 2. The minimum atomic E-state index is -1.15. The molecule has 90 valence electrons. The Bertz CT molecular complexity index is 504. The van der Waals surface area contributed by atoms with Crippen LogP contribution in [0.2, 0.25) is 0 Å². The van der Waals surface area contributed by atoms with Crippen LogP contribution in [0.5, 0.6) is 0 Å². The van der Waals surface area contributed by atoms with Crippen molar-refractivity contribution in [3.05, 3.63) is 36.2 Å². The summed E-state index contributed by atoms with van der Waals surface area (Å²) < 4.78 is 0. The molecule has 0 aliphatic carbocycles. The first-order chi connectivity index (χ1) is 8.20. The lowest BCUT2D eigenvalue weighted by Crippen LogP contribution is -2.31. The van der Waals surface area contributed by atoms with Gasteiger partial charge in [-0.15, -0.1) is 0 Å². The fourth-order valence-corrected chi connectivity index (χ4v) is 1.57. The van der Waals surface area contributed by atoms with Crippen molar-refractivity contribution >= 4 is 11.0 Å². The van der Waals surface area contributed by atoms with Gasteiger partial charge in [0.25, 0.3) is 0 Å². The number of aliphatic hydroxyl groups is 3. The average Bonchev–Trinajstić information content (AvgIpc) is 2.37. The molecule has 0 aliphatic rings. The van der Waals surface area contributed by atoms with Crippen LogP contribution in [0.25, 0.3) is 11.0 Å². The Morgan fingerprint density at radius 3 is 2.47 bits per heavy atom. The topological polar surface area (TPSA) is 86.5 Å². The van der Waals surface area contributed by atoms with E-state index in [0.29, 0.717) is 5.69 Å². The second-order valence-electron chi connectivity index (χ2n) is 3.87. The molecule has 0 amide bonds. The zero-order valence-electron chi connectivity index (χ0n) is 9.19. The van der Waals surface area contributed by atoms with Gasteiger partial charge in [0.1, 0.15) is 6.10 Å². The lowest BCUT2D eigenvalue weighted by atomic mass is 10.1. The van der Waals surface area contributed by atoms with Crippen LogP contribution in [-0.4, -0.2) is 44.1 Å². The van der Waals surface area contributed by atoms with E-state index in [2.05, 4.69) is 9.97 Å². The van der Waals surface area contributed by atoms with E-state index in [0.717, 1.165) is 11.0 Å². The van der Waals surface area contributed by atoms with Crippen LogP contribution in [0.15, 0.2) is 30.5 Å². The Morgan fingerprint density at radius 2 is 1.76 bits per heavy atom. The maximum atomic E-state index is 9.57. The highest BCUT2D eigenvalue weighted by Crippen LogP contribution is 2.10. The number of aliphatic hydroxyl groups excluding tert-OH is 3. The van der Waals surface area contributed by atoms with Crippen LogP contribution in [0.1, 0.15) is 5.69 Å². The van der Waals surface area contributed by atoms with Crippen molar-refractivity contribution in [3.8, 4) is 0 Å². The van der Waals surface area contributed by atoms with Crippen LogP contribution in [0.3, 0.4) is 0 Å². The molecule has 3 N–H and O–H groups in total. The van der Waals surface area contributed by atoms with Gasteiger partial charge in [0.2, 0.25) is 0 Å². The molecular formula is C12H14N2O3. The number of para-hydroxylation sites is 2. The molecule has 1 aromatic carbocycles. The van der Waals surface area contributed by atoms with Crippen LogP contribution in [-0.2, 0) is 6.42 Å². The Hall–Kier alpha value is -1.56. The smallest absolute Gasteiger partial charge is 0.103 e. The van der Waals surface area contributed by atoms with Crippen molar-refractivity contribution in [3.63, 3.8) is 0 Å². The van der Waals surface area contributed by atoms with E-state index in [1.165, 1.54) is 0 Å². The van der Waals surface area contributed by atoms with E-state index in [-0.39, 0.29) is 6.42 Å². The van der Waals surface area contributed by atoms with Crippen molar-refractivity contribution < 1.29 is 15.3 Å². The molecule has 0 aliphatic heterocycles. The van der Waals surface area contributed by atoms with Crippen molar-refractivity contribution in [2.24, 2.45) is 0 Å². The molecule has 0 radical (unpaired) electrons. The van der Waals surface area contributed by atoms with Gasteiger partial charge in [-0.2, -0.15) is 0 Å². The molecule has 0 fully saturated rings. The molecule has 1 aromatic heterocycles. The van der Waals surface area contributed by atoms with Gasteiger partial charge in [-0.05, 0) is 12.1 Å². The molecule has 2 aromatic rings. The van der Waals surface area contributed by atoms with Crippen molar-refractivity contribution in [2.75, 3.05) is 6.61 Å². The Balaban J connectivity index is 2.19. The molecule has 0 unspecified atom stereocenters. The monoisotopic (exact) mass is 234 g/mol. The summed E-state index contributed by atoms with van der Waals surface area (Å²) in [6.07, 6.45) is -0.450. The first kappa shape index (κ1) is 11.9. The lowest BCUT2D eigenvalue weighted by molar-refractivity contribution is -0.0136. The molecule has 0 bridgehead atoms. The summed E-state index contributed by atoms with van der Waals surface area (Å²) in [4.78, 5) is 8.52. The second kappa shape index (κ2) is 5.18. The molecule has 0 saturated heterocycles. The van der Waals surface area contributed by atoms with E-state index >= 15 is 0 Å². The molecule has 0 spiro atoms. The van der Waals surface area contributed by atoms with Gasteiger partial charge in [0.15, 0.2) is 0 Å². The predicted octanol–water partition coefficient (Wildman–Crippen LogP) is -0.114. The second-order valence-corrected chi connectivity index (χ2v) is 3.87. The highest BCUT2D eigenvalue weighted by Gasteiger charge is 2.16. The summed E-state index contributed by atoms with van der Waals surface area (Å²) in [6, 6.07) is 7.42. The van der Waals surface area contributed by atoms with Gasteiger partial charge in [0, 0.05) is 12.6 Å². The summed E-state index contributed by atoms with van der Waals surface area (Å²) in [5.41, 5.74) is 2.12.